The lowest BCUT2D eigenvalue weighted by Gasteiger charge is -2.13. The summed E-state index contributed by atoms with van der Waals surface area (Å²) >= 11 is 0. The van der Waals surface area contributed by atoms with E-state index in [0.717, 1.165) is 84.2 Å². The molecule has 0 unspecified atom stereocenters. The molecule has 0 saturated heterocycles. The maximum atomic E-state index is 5.25. The number of fused-ring (bicyclic) bond motifs is 6. The fourth-order valence-electron chi connectivity index (χ4n) is 10.7. The van der Waals surface area contributed by atoms with Crippen molar-refractivity contribution in [2.45, 2.75) is 0 Å². The zero-order chi connectivity index (χ0) is 49.0. The second-order valence-electron chi connectivity index (χ2n) is 18.8. The predicted octanol–water partition coefficient (Wildman–Crippen LogP) is 17.7. The molecule has 0 fully saturated rings. The summed E-state index contributed by atoms with van der Waals surface area (Å²) in [6, 6.07) is 96.8. The van der Waals surface area contributed by atoms with Gasteiger partial charge in [-0.2, -0.15) is 0 Å². The van der Waals surface area contributed by atoms with E-state index < -0.39 is 0 Å². The minimum atomic E-state index is 0.677. The van der Waals surface area contributed by atoms with Gasteiger partial charge in [0.15, 0.2) is 5.82 Å². The van der Waals surface area contributed by atoms with Crippen LogP contribution in [0.25, 0.3) is 134 Å². The highest BCUT2D eigenvalue weighted by atomic mass is 15.0. The molecule has 14 aromatic rings. The molecule has 346 valence electrons. The second-order valence-corrected chi connectivity index (χ2v) is 18.8. The van der Waals surface area contributed by atoms with Gasteiger partial charge in [0.25, 0.3) is 0 Å². The Morgan fingerprint density at radius 2 is 0.486 bits per heavy atom. The average Bonchev–Trinajstić information content (AvgIpc) is 4.01. The summed E-state index contributed by atoms with van der Waals surface area (Å²) in [5.74, 6) is 0.677. The topological polar surface area (TPSA) is 48.5 Å². The van der Waals surface area contributed by atoms with Crippen LogP contribution < -0.4 is 0 Å². The lowest BCUT2D eigenvalue weighted by atomic mass is 9.98. The molecule has 0 bridgehead atoms. The van der Waals surface area contributed by atoms with Gasteiger partial charge in [-0.15, -0.1) is 0 Å². The van der Waals surface area contributed by atoms with Gasteiger partial charge in [-0.05, 0) is 89.0 Å². The third kappa shape index (κ3) is 7.63. The van der Waals surface area contributed by atoms with Crippen molar-refractivity contribution in [2.24, 2.45) is 0 Å². The molecule has 4 aromatic heterocycles. The zero-order valence-electron chi connectivity index (χ0n) is 40.2. The van der Waals surface area contributed by atoms with Crippen molar-refractivity contribution in [3.8, 4) is 90.0 Å². The van der Waals surface area contributed by atoms with Crippen molar-refractivity contribution in [1.29, 1.82) is 0 Å². The lowest BCUT2D eigenvalue weighted by molar-refractivity contribution is 1.17. The van der Waals surface area contributed by atoms with Crippen molar-refractivity contribution >= 4 is 43.6 Å². The number of hydrogen-bond acceptors (Lipinski definition) is 3. The third-order valence-corrected chi connectivity index (χ3v) is 14.4. The SMILES string of the molecule is c1ccc(-c2cc(-c3ccc(-n4c5ccccc5c5ccccc54)cc3)cc(-c3ccc(-c4ccc(-c5nc(-c6ccccc6)cc(-c6ccc(-n7c8ccccc8c8ccccc87)cc6)n5)cc4)cc3)n2)cc1. The highest BCUT2D eigenvalue weighted by molar-refractivity contribution is 6.10. The molecule has 14 rings (SSSR count). The van der Waals surface area contributed by atoms with E-state index in [1.54, 1.807) is 0 Å². The minimum absolute atomic E-state index is 0.677. The quantitative estimate of drug-likeness (QED) is 0.145. The first-order valence-electron chi connectivity index (χ1n) is 25.1. The smallest absolute Gasteiger partial charge is 0.160 e. The Morgan fingerprint density at radius 3 is 0.892 bits per heavy atom. The summed E-state index contributed by atoms with van der Waals surface area (Å²) in [5, 5.41) is 5.00. The largest absolute Gasteiger partial charge is 0.309 e. The molecule has 5 heteroatoms. The van der Waals surface area contributed by atoms with Gasteiger partial charge >= 0.3 is 0 Å². The highest BCUT2D eigenvalue weighted by Gasteiger charge is 2.17. The van der Waals surface area contributed by atoms with E-state index in [2.05, 4.69) is 270 Å². The molecular formula is C69H45N5. The first kappa shape index (κ1) is 42.9. The molecular weight excluding hydrogens is 899 g/mol. The van der Waals surface area contributed by atoms with Crippen LogP contribution in [0.5, 0.6) is 0 Å². The summed E-state index contributed by atoms with van der Waals surface area (Å²) in [7, 11) is 0. The number of nitrogens with zero attached hydrogens (tertiary/aromatic N) is 5. The second kappa shape index (κ2) is 18.0. The van der Waals surface area contributed by atoms with Crippen LogP contribution in [-0.4, -0.2) is 24.1 Å². The van der Waals surface area contributed by atoms with Gasteiger partial charge < -0.3 is 9.13 Å². The Bertz CT molecular complexity index is 3970. The van der Waals surface area contributed by atoms with Crippen LogP contribution in [0.4, 0.5) is 0 Å². The van der Waals surface area contributed by atoms with Crippen LogP contribution in [-0.2, 0) is 0 Å². The number of pyridine rings is 1. The van der Waals surface area contributed by atoms with Gasteiger partial charge in [0.1, 0.15) is 0 Å². The fraction of sp³-hybridized carbons (Fsp3) is 0. The van der Waals surface area contributed by atoms with Gasteiger partial charge in [0, 0.05) is 60.7 Å². The van der Waals surface area contributed by atoms with Crippen LogP contribution in [0.3, 0.4) is 0 Å². The summed E-state index contributed by atoms with van der Waals surface area (Å²) in [5.41, 5.74) is 20.2. The van der Waals surface area contributed by atoms with E-state index in [9.17, 15) is 0 Å². The van der Waals surface area contributed by atoms with Gasteiger partial charge in [-0.25, -0.2) is 15.0 Å². The van der Waals surface area contributed by atoms with Crippen LogP contribution in [0.2, 0.25) is 0 Å². The molecule has 0 aliphatic carbocycles. The Hall–Kier alpha value is -9.97. The van der Waals surface area contributed by atoms with Gasteiger partial charge in [0.05, 0.1) is 44.8 Å². The van der Waals surface area contributed by atoms with Crippen LogP contribution >= 0.6 is 0 Å². The van der Waals surface area contributed by atoms with Crippen molar-refractivity contribution in [1.82, 2.24) is 24.1 Å². The molecule has 0 atom stereocenters. The standard InChI is InChI=1S/C69H45N5/c1-3-15-49(16-4-1)61-43-54(48-35-39-55(40-36-48)73-65-23-11-7-19-57(65)58-20-8-12-24-66(58)73)44-62(70-61)51-31-27-46(28-32-51)47-29-33-53(34-30-47)69-71-63(50-17-5-2-6-18-50)45-64(72-69)52-37-41-56(42-38-52)74-67-25-13-9-21-59(67)60-22-10-14-26-68(60)74/h1-45H. The first-order chi connectivity index (χ1) is 36.7. The van der Waals surface area contributed by atoms with Gasteiger partial charge in [-0.1, -0.05) is 206 Å². The van der Waals surface area contributed by atoms with Crippen molar-refractivity contribution < 1.29 is 0 Å². The Labute approximate surface area is 428 Å². The molecule has 74 heavy (non-hydrogen) atoms. The van der Waals surface area contributed by atoms with E-state index in [-0.39, 0.29) is 0 Å². The van der Waals surface area contributed by atoms with Gasteiger partial charge in [0.2, 0.25) is 0 Å². The number of hydrogen-bond donors (Lipinski definition) is 0. The Kier molecular flexibility index (Phi) is 10.4. The van der Waals surface area contributed by atoms with Crippen molar-refractivity contribution in [2.75, 3.05) is 0 Å². The Morgan fingerprint density at radius 1 is 0.203 bits per heavy atom. The highest BCUT2D eigenvalue weighted by Crippen LogP contribution is 2.37. The lowest BCUT2D eigenvalue weighted by Crippen LogP contribution is -1.97. The summed E-state index contributed by atoms with van der Waals surface area (Å²) < 4.78 is 4.70. The summed E-state index contributed by atoms with van der Waals surface area (Å²) in [6.07, 6.45) is 0. The van der Waals surface area contributed by atoms with E-state index in [4.69, 9.17) is 15.0 Å². The van der Waals surface area contributed by atoms with Crippen molar-refractivity contribution in [3.05, 3.63) is 273 Å². The number of para-hydroxylation sites is 4. The molecule has 4 heterocycles. The van der Waals surface area contributed by atoms with E-state index in [1.165, 1.54) is 43.6 Å². The third-order valence-electron chi connectivity index (χ3n) is 14.4. The predicted molar refractivity (Wildman–Crippen MR) is 307 cm³/mol. The van der Waals surface area contributed by atoms with Crippen LogP contribution in [0, 0.1) is 0 Å². The van der Waals surface area contributed by atoms with E-state index in [1.807, 2.05) is 12.1 Å². The molecule has 0 amide bonds. The minimum Gasteiger partial charge on any atom is -0.309 e. The number of rotatable bonds is 9. The normalized spacial score (nSPS) is 11.5. The van der Waals surface area contributed by atoms with E-state index in [0.29, 0.717) is 5.82 Å². The maximum absolute atomic E-state index is 5.25. The molecule has 0 N–H and O–H groups in total. The molecule has 0 saturated carbocycles. The van der Waals surface area contributed by atoms with E-state index >= 15 is 0 Å². The van der Waals surface area contributed by atoms with Gasteiger partial charge in [-0.3, -0.25) is 0 Å². The molecule has 0 radical (unpaired) electrons. The zero-order valence-corrected chi connectivity index (χ0v) is 40.2. The maximum Gasteiger partial charge on any atom is 0.160 e. The average molecular weight is 944 g/mol. The fourth-order valence-corrected chi connectivity index (χ4v) is 10.7. The van der Waals surface area contributed by atoms with Crippen molar-refractivity contribution in [3.63, 3.8) is 0 Å². The molecule has 10 aromatic carbocycles. The Balaban J connectivity index is 0.769. The van der Waals surface area contributed by atoms with Crippen LogP contribution in [0.1, 0.15) is 0 Å². The summed E-state index contributed by atoms with van der Waals surface area (Å²) in [6.45, 7) is 0. The molecule has 0 aliphatic rings. The monoisotopic (exact) mass is 943 g/mol. The summed E-state index contributed by atoms with van der Waals surface area (Å²) in [4.78, 5) is 15.6. The van der Waals surface area contributed by atoms with Crippen LogP contribution in [0.15, 0.2) is 273 Å². The molecule has 0 spiro atoms. The molecule has 0 aliphatic heterocycles. The molecule has 5 nitrogen and oxygen atoms in total. The number of benzene rings is 10. The number of aromatic nitrogens is 5. The first-order valence-corrected chi connectivity index (χ1v) is 25.1.